The second-order valence-electron chi connectivity index (χ2n) is 5.29. The molecule has 21 heavy (non-hydrogen) atoms. The second-order valence-corrected chi connectivity index (χ2v) is 5.72. The van der Waals surface area contributed by atoms with Crippen LogP contribution in [0.15, 0.2) is 24.3 Å². The standard InChI is InChI=1S/C16H21ClN2O2/c1-2-3-7-15(20)18-8-10-19(11-9-18)16(21)13-5-4-6-14(17)12-13/h4-6,12H,2-3,7-11H2,1H3. The van der Waals surface area contributed by atoms with Crippen LogP contribution in [0.2, 0.25) is 5.02 Å². The number of hydrogen-bond acceptors (Lipinski definition) is 2. The van der Waals surface area contributed by atoms with E-state index in [2.05, 4.69) is 6.92 Å². The SMILES string of the molecule is CCCCC(=O)N1CCN(C(=O)c2cccc(Cl)c2)CC1. The molecule has 1 heterocycles. The monoisotopic (exact) mass is 308 g/mol. The minimum atomic E-state index is -0.0156. The number of benzene rings is 1. The number of unbranched alkanes of at least 4 members (excludes halogenated alkanes) is 1. The van der Waals surface area contributed by atoms with Crippen molar-refractivity contribution < 1.29 is 9.59 Å². The first kappa shape index (κ1) is 15.8. The number of carbonyl (C=O) groups excluding carboxylic acids is 2. The van der Waals surface area contributed by atoms with Gasteiger partial charge >= 0.3 is 0 Å². The van der Waals surface area contributed by atoms with E-state index in [9.17, 15) is 9.59 Å². The normalized spacial score (nSPS) is 15.1. The van der Waals surface area contributed by atoms with Gasteiger partial charge in [-0.15, -0.1) is 0 Å². The van der Waals surface area contributed by atoms with Gasteiger partial charge in [-0.25, -0.2) is 0 Å². The molecule has 0 saturated carbocycles. The first-order valence-electron chi connectivity index (χ1n) is 7.44. The summed E-state index contributed by atoms with van der Waals surface area (Å²) in [6.45, 7) is 4.49. The van der Waals surface area contributed by atoms with Gasteiger partial charge in [0.1, 0.15) is 0 Å². The predicted octanol–water partition coefficient (Wildman–Crippen LogP) is 2.81. The van der Waals surface area contributed by atoms with Crippen molar-refractivity contribution in [2.45, 2.75) is 26.2 Å². The Balaban J connectivity index is 1.89. The van der Waals surface area contributed by atoms with Crippen molar-refractivity contribution in [2.75, 3.05) is 26.2 Å². The van der Waals surface area contributed by atoms with Gasteiger partial charge in [-0.3, -0.25) is 9.59 Å². The predicted molar refractivity (Wildman–Crippen MR) is 83.5 cm³/mol. The molecule has 1 aromatic rings. The molecular weight excluding hydrogens is 288 g/mol. The van der Waals surface area contributed by atoms with E-state index < -0.39 is 0 Å². The lowest BCUT2D eigenvalue weighted by molar-refractivity contribution is -0.132. The Labute approximate surface area is 130 Å². The molecule has 0 bridgehead atoms. The minimum Gasteiger partial charge on any atom is -0.339 e. The van der Waals surface area contributed by atoms with Crippen LogP contribution < -0.4 is 0 Å². The fourth-order valence-corrected chi connectivity index (χ4v) is 2.64. The number of carbonyl (C=O) groups is 2. The Hall–Kier alpha value is -1.55. The van der Waals surface area contributed by atoms with E-state index in [0.29, 0.717) is 43.2 Å². The summed E-state index contributed by atoms with van der Waals surface area (Å²) in [6, 6.07) is 6.98. The van der Waals surface area contributed by atoms with Crippen LogP contribution in [-0.2, 0) is 4.79 Å². The number of hydrogen-bond donors (Lipinski definition) is 0. The van der Waals surface area contributed by atoms with Gasteiger partial charge in [-0.2, -0.15) is 0 Å². The Bertz CT molecular complexity index is 511. The molecule has 1 fully saturated rings. The molecule has 1 saturated heterocycles. The summed E-state index contributed by atoms with van der Waals surface area (Å²) in [5.74, 6) is 0.185. The number of halogens is 1. The minimum absolute atomic E-state index is 0.0156. The topological polar surface area (TPSA) is 40.6 Å². The molecule has 4 nitrogen and oxygen atoms in total. The summed E-state index contributed by atoms with van der Waals surface area (Å²) >= 11 is 5.92. The van der Waals surface area contributed by atoms with Gasteiger partial charge in [-0.05, 0) is 24.6 Å². The number of nitrogens with zero attached hydrogens (tertiary/aromatic N) is 2. The van der Waals surface area contributed by atoms with E-state index in [1.165, 1.54) is 0 Å². The highest BCUT2D eigenvalue weighted by molar-refractivity contribution is 6.30. The van der Waals surface area contributed by atoms with Crippen molar-refractivity contribution in [2.24, 2.45) is 0 Å². The summed E-state index contributed by atoms with van der Waals surface area (Å²) < 4.78 is 0. The van der Waals surface area contributed by atoms with Gasteiger partial charge in [0.15, 0.2) is 0 Å². The Morgan fingerprint density at radius 1 is 1.14 bits per heavy atom. The van der Waals surface area contributed by atoms with Crippen molar-refractivity contribution in [3.8, 4) is 0 Å². The van der Waals surface area contributed by atoms with Gasteiger partial charge in [-0.1, -0.05) is 31.0 Å². The fraction of sp³-hybridized carbons (Fsp3) is 0.500. The lowest BCUT2D eigenvalue weighted by atomic mass is 10.1. The largest absolute Gasteiger partial charge is 0.339 e. The summed E-state index contributed by atoms with van der Waals surface area (Å²) in [5, 5.41) is 0.564. The summed E-state index contributed by atoms with van der Waals surface area (Å²) in [7, 11) is 0. The molecule has 2 amide bonds. The molecule has 0 unspecified atom stereocenters. The average Bonchev–Trinajstić information content (AvgIpc) is 2.52. The van der Waals surface area contributed by atoms with Crippen molar-refractivity contribution >= 4 is 23.4 Å². The molecule has 1 aromatic carbocycles. The molecule has 2 rings (SSSR count). The van der Waals surface area contributed by atoms with Crippen LogP contribution in [0.25, 0.3) is 0 Å². The first-order chi connectivity index (χ1) is 10.1. The van der Waals surface area contributed by atoms with Crippen molar-refractivity contribution in [3.63, 3.8) is 0 Å². The maximum Gasteiger partial charge on any atom is 0.254 e. The number of amides is 2. The van der Waals surface area contributed by atoms with Crippen LogP contribution in [0.4, 0.5) is 0 Å². The van der Waals surface area contributed by atoms with Crippen molar-refractivity contribution in [1.82, 2.24) is 9.80 Å². The zero-order chi connectivity index (χ0) is 15.2. The van der Waals surface area contributed by atoms with Crippen molar-refractivity contribution in [1.29, 1.82) is 0 Å². The van der Waals surface area contributed by atoms with Gasteiger partial charge in [0.2, 0.25) is 5.91 Å². The third-order valence-corrected chi connectivity index (χ3v) is 3.97. The fourth-order valence-electron chi connectivity index (χ4n) is 2.45. The lowest BCUT2D eigenvalue weighted by Crippen LogP contribution is -2.50. The third kappa shape index (κ3) is 4.21. The molecule has 0 N–H and O–H groups in total. The van der Waals surface area contributed by atoms with Crippen LogP contribution in [0, 0.1) is 0 Å². The zero-order valence-electron chi connectivity index (χ0n) is 12.3. The Morgan fingerprint density at radius 2 is 1.81 bits per heavy atom. The smallest absolute Gasteiger partial charge is 0.254 e. The van der Waals surface area contributed by atoms with Gasteiger partial charge in [0.25, 0.3) is 5.91 Å². The molecular formula is C16H21ClN2O2. The molecule has 0 spiro atoms. The highest BCUT2D eigenvalue weighted by atomic mass is 35.5. The van der Waals surface area contributed by atoms with Crippen molar-refractivity contribution in [3.05, 3.63) is 34.9 Å². The van der Waals surface area contributed by atoms with Gasteiger partial charge < -0.3 is 9.80 Å². The molecule has 1 aliphatic heterocycles. The first-order valence-corrected chi connectivity index (χ1v) is 7.82. The number of piperazine rings is 1. The number of rotatable bonds is 4. The summed E-state index contributed by atoms with van der Waals surface area (Å²) in [6.07, 6.45) is 2.57. The maximum atomic E-state index is 12.4. The quantitative estimate of drug-likeness (QED) is 0.858. The molecule has 114 valence electrons. The van der Waals surface area contributed by atoms with E-state index in [1.54, 1.807) is 29.2 Å². The molecule has 1 aliphatic rings. The highest BCUT2D eigenvalue weighted by Crippen LogP contribution is 2.14. The van der Waals surface area contributed by atoms with Gasteiger partial charge in [0, 0.05) is 43.2 Å². The second kappa shape index (κ2) is 7.46. The van der Waals surface area contributed by atoms with Crippen LogP contribution >= 0.6 is 11.6 Å². The van der Waals surface area contributed by atoms with E-state index in [-0.39, 0.29) is 11.8 Å². The highest BCUT2D eigenvalue weighted by Gasteiger charge is 2.24. The Morgan fingerprint density at radius 3 is 2.43 bits per heavy atom. The van der Waals surface area contributed by atoms with E-state index in [1.807, 2.05) is 4.90 Å². The Kier molecular flexibility index (Phi) is 5.62. The molecule has 0 radical (unpaired) electrons. The summed E-state index contributed by atoms with van der Waals surface area (Å²) in [4.78, 5) is 28.0. The van der Waals surface area contributed by atoms with Crippen LogP contribution in [0.1, 0.15) is 36.5 Å². The van der Waals surface area contributed by atoms with Crippen LogP contribution in [0.3, 0.4) is 0 Å². The van der Waals surface area contributed by atoms with Crippen LogP contribution in [-0.4, -0.2) is 47.8 Å². The molecule has 0 atom stereocenters. The molecule has 0 aliphatic carbocycles. The van der Waals surface area contributed by atoms with E-state index in [0.717, 1.165) is 12.8 Å². The third-order valence-electron chi connectivity index (χ3n) is 3.74. The van der Waals surface area contributed by atoms with Crippen LogP contribution in [0.5, 0.6) is 0 Å². The zero-order valence-corrected chi connectivity index (χ0v) is 13.1. The maximum absolute atomic E-state index is 12.4. The molecule has 5 heteroatoms. The lowest BCUT2D eigenvalue weighted by Gasteiger charge is -2.35. The molecule has 0 aromatic heterocycles. The van der Waals surface area contributed by atoms with E-state index >= 15 is 0 Å². The van der Waals surface area contributed by atoms with E-state index in [4.69, 9.17) is 11.6 Å². The van der Waals surface area contributed by atoms with Gasteiger partial charge in [0.05, 0.1) is 0 Å². The average molecular weight is 309 g/mol. The summed E-state index contributed by atoms with van der Waals surface area (Å²) in [5.41, 5.74) is 0.605.